The molecule has 0 unspecified atom stereocenters. The van der Waals surface area contributed by atoms with E-state index in [2.05, 4.69) is 58.9 Å². The third-order valence-electron chi connectivity index (χ3n) is 3.06. The molecule has 3 heteroatoms. The summed E-state index contributed by atoms with van der Waals surface area (Å²) in [5, 5.41) is 2.85. The van der Waals surface area contributed by atoms with E-state index in [1.54, 1.807) is 0 Å². The maximum absolute atomic E-state index is 4.93. The fraction of sp³-hybridized carbons (Fsp3) is 0.400. The van der Waals surface area contributed by atoms with Gasteiger partial charge in [-0.25, -0.2) is 0 Å². The normalized spacial score (nSPS) is 11.1. The zero-order valence-corrected chi connectivity index (χ0v) is 15.5. The topological polar surface area (TPSA) is 0 Å². The van der Waals surface area contributed by atoms with Crippen molar-refractivity contribution < 1.29 is 20.8 Å². The van der Waals surface area contributed by atoms with Gasteiger partial charge in [0.15, 0.2) is 0 Å². The van der Waals surface area contributed by atoms with Crippen LogP contribution in [0.15, 0.2) is 24.3 Å². The Kier molecular flexibility index (Phi) is 6.03. The summed E-state index contributed by atoms with van der Waals surface area (Å²) in [6.45, 7) is 11.2. The van der Waals surface area contributed by atoms with E-state index in [1.807, 2.05) is 0 Å². The summed E-state index contributed by atoms with van der Waals surface area (Å²) < 4.78 is 0. The predicted octanol–water partition coefficient (Wildman–Crippen LogP) is 5.85. The zero-order chi connectivity index (χ0) is 13.9. The fourth-order valence-corrected chi connectivity index (χ4v) is 2.24. The zero-order valence-electron chi connectivity index (χ0n) is 11.6. The van der Waals surface area contributed by atoms with Crippen LogP contribution in [0.3, 0.4) is 0 Å². The Morgan fingerprint density at radius 3 is 2.17 bits per heavy atom. The molecule has 2 aromatic rings. The van der Waals surface area contributed by atoms with Gasteiger partial charge in [-0.1, -0.05) is 46.2 Å². The van der Waals surface area contributed by atoms with Gasteiger partial charge in [0.25, 0.3) is 0 Å². The first-order chi connectivity index (χ1) is 8.31. The number of halogens is 2. The van der Waals surface area contributed by atoms with Gasteiger partial charge in [-0.05, 0) is 5.41 Å². The number of rotatable bonds is 0. The molecule has 0 spiro atoms. The predicted molar refractivity (Wildman–Crippen MR) is 79.4 cm³/mol. The van der Waals surface area contributed by atoms with E-state index >= 15 is 0 Å². The van der Waals surface area contributed by atoms with E-state index < -0.39 is 20.8 Å². The molecule has 0 aliphatic carbocycles. The Morgan fingerprint density at radius 1 is 1.11 bits per heavy atom. The number of fused-ring (bicyclic) bond motifs is 1. The molecule has 0 saturated carbocycles. The molecule has 0 amide bonds. The molecule has 18 heavy (non-hydrogen) atoms. The van der Waals surface area contributed by atoms with Crippen molar-refractivity contribution in [3.05, 3.63) is 41.0 Å². The summed E-state index contributed by atoms with van der Waals surface area (Å²) in [7, 11) is 9.87. The van der Waals surface area contributed by atoms with Crippen molar-refractivity contribution in [2.45, 2.75) is 40.0 Å². The molecular formula is C15H19Cl2Zr-. The average Bonchev–Trinajstić information content (AvgIpc) is 2.60. The van der Waals surface area contributed by atoms with Crippen LogP contribution in [0.5, 0.6) is 0 Å². The summed E-state index contributed by atoms with van der Waals surface area (Å²) in [5.41, 5.74) is 4.43. The van der Waals surface area contributed by atoms with Crippen LogP contribution >= 0.6 is 17.0 Å². The Hall–Kier alpha value is 0.293. The minimum absolute atomic E-state index is 0.229. The summed E-state index contributed by atoms with van der Waals surface area (Å²) in [5.74, 6) is 0. The molecule has 98 valence electrons. The number of benzene rings is 1. The van der Waals surface area contributed by atoms with Gasteiger partial charge < -0.3 is 0 Å². The second-order valence-electron chi connectivity index (χ2n) is 5.61. The standard InChI is InChI=1S/C15H19.2ClH.Zr/c1-10-8-12-11(2)6-7-14(13(12)9-10)15(3,4)5;;;/h6-9H,1-5H3;2*1H;/q-1;;;+2/p-2. The first kappa shape index (κ1) is 16.3. The summed E-state index contributed by atoms with van der Waals surface area (Å²) >= 11 is -0.826. The van der Waals surface area contributed by atoms with Gasteiger partial charge in [-0.2, -0.15) is 6.07 Å². The summed E-state index contributed by atoms with van der Waals surface area (Å²) in [6, 6.07) is 9.11. The van der Waals surface area contributed by atoms with E-state index in [1.165, 1.54) is 27.5 Å². The SMILES string of the molecule is Cc1cc2c(C(C)(C)C)ccc(C)c2[cH-]1.[Cl][Zr][Cl]. The van der Waals surface area contributed by atoms with Crippen LogP contribution in [-0.2, 0) is 26.3 Å². The van der Waals surface area contributed by atoms with Crippen LogP contribution in [0.1, 0.15) is 37.5 Å². The first-order valence-electron chi connectivity index (χ1n) is 5.94. The van der Waals surface area contributed by atoms with Crippen molar-refractivity contribution in [1.82, 2.24) is 0 Å². The molecule has 0 aliphatic rings. The second kappa shape index (κ2) is 6.64. The molecule has 0 aromatic heterocycles. The van der Waals surface area contributed by atoms with E-state index in [0.29, 0.717) is 0 Å². The molecule has 0 radical (unpaired) electrons. The molecule has 0 saturated heterocycles. The van der Waals surface area contributed by atoms with Crippen molar-refractivity contribution in [2.75, 3.05) is 0 Å². The molecule has 0 heterocycles. The molecule has 0 aliphatic heterocycles. The van der Waals surface area contributed by atoms with Gasteiger partial charge >= 0.3 is 37.9 Å². The van der Waals surface area contributed by atoms with Crippen LogP contribution < -0.4 is 0 Å². The molecule has 0 nitrogen and oxygen atoms in total. The quantitative estimate of drug-likeness (QED) is 0.516. The Morgan fingerprint density at radius 2 is 1.67 bits per heavy atom. The molecular weight excluding hydrogens is 342 g/mol. The van der Waals surface area contributed by atoms with Crippen LogP contribution in [-0.4, -0.2) is 0 Å². The Labute approximate surface area is 129 Å². The Balaban J connectivity index is 0.000000492. The molecule has 0 atom stereocenters. The van der Waals surface area contributed by atoms with Crippen LogP contribution in [0.2, 0.25) is 0 Å². The third-order valence-corrected chi connectivity index (χ3v) is 3.06. The third kappa shape index (κ3) is 3.89. The van der Waals surface area contributed by atoms with Gasteiger partial charge in [-0.3, -0.25) is 0 Å². The van der Waals surface area contributed by atoms with Crippen LogP contribution in [0.25, 0.3) is 10.8 Å². The van der Waals surface area contributed by atoms with Crippen molar-refractivity contribution in [2.24, 2.45) is 0 Å². The van der Waals surface area contributed by atoms with E-state index in [4.69, 9.17) is 17.0 Å². The van der Waals surface area contributed by atoms with Crippen molar-refractivity contribution in [3.63, 3.8) is 0 Å². The maximum atomic E-state index is 4.93. The van der Waals surface area contributed by atoms with Gasteiger partial charge in [0, 0.05) is 0 Å². The number of hydrogen-bond acceptors (Lipinski definition) is 0. The van der Waals surface area contributed by atoms with Crippen molar-refractivity contribution in [1.29, 1.82) is 0 Å². The number of hydrogen-bond donors (Lipinski definition) is 0. The monoisotopic (exact) mass is 359 g/mol. The van der Waals surface area contributed by atoms with Crippen molar-refractivity contribution >= 4 is 27.8 Å². The summed E-state index contributed by atoms with van der Waals surface area (Å²) in [4.78, 5) is 0. The van der Waals surface area contributed by atoms with Crippen molar-refractivity contribution in [3.8, 4) is 0 Å². The van der Waals surface area contributed by atoms with Crippen LogP contribution in [0.4, 0.5) is 0 Å². The van der Waals surface area contributed by atoms with E-state index in [0.717, 1.165) is 0 Å². The molecule has 2 rings (SSSR count). The van der Waals surface area contributed by atoms with Crippen LogP contribution in [0, 0.1) is 13.8 Å². The van der Waals surface area contributed by atoms with Gasteiger partial charge in [0.2, 0.25) is 0 Å². The number of aryl methyl sites for hydroxylation is 2. The van der Waals surface area contributed by atoms with E-state index in [9.17, 15) is 0 Å². The molecule has 0 fully saturated rings. The molecule has 0 bridgehead atoms. The second-order valence-corrected chi connectivity index (χ2v) is 9.34. The summed E-state index contributed by atoms with van der Waals surface area (Å²) in [6.07, 6.45) is 0. The average molecular weight is 361 g/mol. The Bertz CT molecular complexity index is 521. The minimum atomic E-state index is -0.826. The van der Waals surface area contributed by atoms with Gasteiger partial charge in [-0.15, -0.1) is 34.0 Å². The van der Waals surface area contributed by atoms with Gasteiger partial charge in [0.05, 0.1) is 0 Å². The fourth-order valence-electron chi connectivity index (χ4n) is 2.24. The molecule has 0 N–H and O–H groups in total. The van der Waals surface area contributed by atoms with Gasteiger partial charge in [0.1, 0.15) is 0 Å². The first-order valence-corrected chi connectivity index (χ1v) is 12.3. The van der Waals surface area contributed by atoms with E-state index in [-0.39, 0.29) is 5.41 Å². The molecule has 2 aromatic carbocycles.